The molecule has 0 bridgehead atoms. The minimum absolute atomic E-state index is 0.137. The summed E-state index contributed by atoms with van der Waals surface area (Å²) in [4.78, 5) is 16.7. The fraction of sp³-hybridized carbons (Fsp3) is 0.364. The van der Waals surface area contributed by atoms with Crippen LogP contribution in [-0.4, -0.2) is 57.0 Å². The molecule has 0 aliphatic carbocycles. The largest absolute Gasteiger partial charge is 0.352 e. The predicted octanol–water partition coefficient (Wildman–Crippen LogP) is 3.13. The quantitative estimate of drug-likeness (QED) is 0.643. The molecule has 8 heteroatoms. The second-order valence-corrected chi connectivity index (χ2v) is 8.06. The molecule has 2 aromatic heterocycles. The van der Waals surface area contributed by atoms with Gasteiger partial charge in [0.15, 0.2) is 11.6 Å². The molecule has 1 aliphatic rings. The number of benzene rings is 1. The number of aromatic nitrogens is 4. The molecule has 0 spiro atoms. The van der Waals surface area contributed by atoms with E-state index in [2.05, 4.69) is 27.1 Å². The molecule has 1 saturated heterocycles. The van der Waals surface area contributed by atoms with Gasteiger partial charge >= 0.3 is 0 Å². The Morgan fingerprint density at radius 2 is 1.57 bits per heavy atom. The third-order valence-electron chi connectivity index (χ3n) is 5.73. The molecular formula is C22H25ClN6O. The van der Waals surface area contributed by atoms with Crippen molar-refractivity contribution in [2.75, 3.05) is 31.1 Å². The second kappa shape index (κ2) is 8.44. The molecule has 30 heavy (non-hydrogen) atoms. The van der Waals surface area contributed by atoms with Crippen molar-refractivity contribution in [1.82, 2.24) is 24.9 Å². The number of hydrogen-bond donors (Lipinski definition) is 0. The van der Waals surface area contributed by atoms with Gasteiger partial charge in [-0.2, -0.15) is 5.10 Å². The molecule has 1 amide bonds. The number of halogens is 1. The van der Waals surface area contributed by atoms with E-state index in [4.69, 9.17) is 11.6 Å². The number of rotatable bonds is 4. The molecule has 7 nitrogen and oxygen atoms in total. The van der Waals surface area contributed by atoms with Gasteiger partial charge in [0.05, 0.1) is 12.1 Å². The highest BCUT2D eigenvalue weighted by atomic mass is 35.5. The minimum Gasteiger partial charge on any atom is -0.352 e. The maximum atomic E-state index is 12.6. The summed E-state index contributed by atoms with van der Waals surface area (Å²) < 4.78 is 1.83. The predicted molar refractivity (Wildman–Crippen MR) is 117 cm³/mol. The van der Waals surface area contributed by atoms with Crippen molar-refractivity contribution in [2.24, 2.45) is 0 Å². The van der Waals surface area contributed by atoms with E-state index in [0.717, 1.165) is 35.9 Å². The van der Waals surface area contributed by atoms with E-state index in [1.54, 1.807) is 0 Å². The van der Waals surface area contributed by atoms with Gasteiger partial charge in [0, 0.05) is 36.9 Å². The van der Waals surface area contributed by atoms with E-state index < -0.39 is 0 Å². The van der Waals surface area contributed by atoms with Crippen molar-refractivity contribution in [2.45, 2.75) is 27.2 Å². The number of anilines is 1. The fourth-order valence-corrected chi connectivity index (χ4v) is 3.74. The summed E-state index contributed by atoms with van der Waals surface area (Å²) >= 11 is 5.91. The zero-order valence-corrected chi connectivity index (χ0v) is 18.2. The van der Waals surface area contributed by atoms with Crippen molar-refractivity contribution >= 4 is 23.3 Å². The summed E-state index contributed by atoms with van der Waals surface area (Å²) in [7, 11) is 0. The third-order valence-corrected chi connectivity index (χ3v) is 5.98. The van der Waals surface area contributed by atoms with E-state index in [0.29, 0.717) is 30.4 Å². The van der Waals surface area contributed by atoms with Crippen LogP contribution in [0, 0.1) is 20.8 Å². The topological polar surface area (TPSA) is 67.2 Å². The van der Waals surface area contributed by atoms with Crippen molar-refractivity contribution in [3.05, 3.63) is 63.9 Å². The van der Waals surface area contributed by atoms with Crippen molar-refractivity contribution in [3.63, 3.8) is 0 Å². The lowest BCUT2D eigenvalue weighted by molar-refractivity contribution is -0.130. The molecule has 156 valence electrons. The first-order valence-electron chi connectivity index (χ1n) is 10.1. The van der Waals surface area contributed by atoms with Gasteiger partial charge in [0.25, 0.3) is 0 Å². The zero-order valence-electron chi connectivity index (χ0n) is 17.5. The van der Waals surface area contributed by atoms with Gasteiger partial charge < -0.3 is 9.80 Å². The summed E-state index contributed by atoms with van der Waals surface area (Å²) in [5.74, 6) is 1.67. The van der Waals surface area contributed by atoms with E-state index in [9.17, 15) is 4.79 Å². The Morgan fingerprint density at radius 1 is 0.933 bits per heavy atom. The van der Waals surface area contributed by atoms with Crippen LogP contribution >= 0.6 is 11.6 Å². The van der Waals surface area contributed by atoms with Gasteiger partial charge in [-0.1, -0.05) is 23.7 Å². The molecule has 1 fully saturated rings. The highest BCUT2D eigenvalue weighted by Crippen LogP contribution is 2.18. The summed E-state index contributed by atoms with van der Waals surface area (Å²) in [5, 5.41) is 14.0. The number of aryl methyl sites for hydroxylation is 1. The standard InChI is InChI=1S/C22H25ClN6O/c1-15-16(2)26-29(17(15)3)21-9-8-20(24-25-21)27-10-12-28(13-11-27)22(30)14-18-4-6-19(23)7-5-18/h4-9H,10-14H2,1-3H3. The Morgan fingerprint density at radius 3 is 2.13 bits per heavy atom. The van der Waals surface area contributed by atoms with Crippen LogP contribution in [-0.2, 0) is 11.2 Å². The Bertz CT molecular complexity index is 1040. The SMILES string of the molecule is Cc1nn(-c2ccc(N3CCN(C(=O)Cc4ccc(Cl)cc4)CC3)nn2)c(C)c1C. The maximum absolute atomic E-state index is 12.6. The molecule has 1 aromatic carbocycles. The number of nitrogens with zero attached hydrogens (tertiary/aromatic N) is 6. The molecule has 0 saturated carbocycles. The molecule has 4 rings (SSSR count). The minimum atomic E-state index is 0.137. The first-order valence-corrected chi connectivity index (χ1v) is 10.4. The molecule has 0 atom stereocenters. The number of carbonyl (C=O) groups excluding carboxylic acids is 1. The van der Waals surface area contributed by atoms with E-state index in [-0.39, 0.29) is 5.91 Å². The molecule has 0 radical (unpaired) electrons. The summed E-state index contributed by atoms with van der Waals surface area (Å²) in [6.45, 7) is 8.90. The van der Waals surface area contributed by atoms with Gasteiger partial charge in [0.2, 0.25) is 5.91 Å². The lowest BCUT2D eigenvalue weighted by Crippen LogP contribution is -2.49. The average molecular weight is 425 g/mol. The summed E-state index contributed by atoms with van der Waals surface area (Å²) in [5.41, 5.74) is 4.22. The third kappa shape index (κ3) is 4.16. The fourth-order valence-electron chi connectivity index (χ4n) is 3.62. The number of piperazine rings is 1. The monoisotopic (exact) mass is 424 g/mol. The molecule has 3 aromatic rings. The van der Waals surface area contributed by atoms with Crippen molar-refractivity contribution < 1.29 is 4.79 Å². The molecule has 1 aliphatic heterocycles. The van der Waals surface area contributed by atoms with Crippen LogP contribution in [0.25, 0.3) is 5.82 Å². The first kappa shape index (κ1) is 20.3. The zero-order chi connectivity index (χ0) is 21.3. The maximum Gasteiger partial charge on any atom is 0.227 e. The normalized spacial score (nSPS) is 14.3. The van der Waals surface area contributed by atoms with Crippen molar-refractivity contribution in [3.8, 4) is 5.82 Å². The van der Waals surface area contributed by atoms with Gasteiger partial charge in [-0.3, -0.25) is 4.79 Å². The average Bonchev–Trinajstić information content (AvgIpc) is 3.03. The highest BCUT2D eigenvalue weighted by Gasteiger charge is 2.22. The van der Waals surface area contributed by atoms with Gasteiger partial charge in [-0.25, -0.2) is 4.68 Å². The molecule has 0 N–H and O–H groups in total. The summed E-state index contributed by atoms with van der Waals surface area (Å²) in [6, 6.07) is 11.4. The van der Waals surface area contributed by atoms with Gasteiger partial charge in [-0.15, -0.1) is 10.2 Å². The Kier molecular flexibility index (Phi) is 5.72. The van der Waals surface area contributed by atoms with E-state index in [1.165, 1.54) is 5.56 Å². The van der Waals surface area contributed by atoms with Crippen LogP contribution in [0.15, 0.2) is 36.4 Å². The van der Waals surface area contributed by atoms with E-state index >= 15 is 0 Å². The molecular weight excluding hydrogens is 400 g/mol. The second-order valence-electron chi connectivity index (χ2n) is 7.63. The van der Waals surface area contributed by atoms with Crippen LogP contribution < -0.4 is 4.90 Å². The van der Waals surface area contributed by atoms with E-state index in [1.807, 2.05) is 59.8 Å². The van der Waals surface area contributed by atoms with Crippen molar-refractivity contribution in [1.29, 1.82) is 0 Å². The number of carbonyl (C=O) groups is 1. The van der Waals surface area contributed by atoms with Crippen LogP contribution in [0.3, 0.4) is 0 Å². The van der Waals surface area contributed by atoms with Crippen LogP contribution in [0.2, 0.25) is 5.02 Å². The van der Waals surface area contributed by atoms with Crippen LogP contribution in [0.5, 0.6) is 0 Å². The number of amides is 1. The highest BCUT2D eigenvalue weighted by molar-refractivity contribution is 6.30. The summed E-state index contributed by atoms with van der Waals surface area (Å²) in [6.07, 6.45) is 0.397. The van der Waals surface area contributed by atoms with Crippen LogP contribution in [0.4, 0.5) is 5.82 Å². The number of hydrogen-bond acceptors (Lipinski definition) is 5. The smallest absolute Gasteiger partial charge is 0.227 e. The first-order chi connectivity index (χ1) is 14.4. The molecule has 0 unspecified atom stereocenters. The lowest BCUT2D eigenvalue weighted by Gasteiger charge is -2.35. The van der Waals surface area contributed by atoms with Gasteiger partial charge in [-0.05, 0) is 56.2 Å². The molecule has 3 heterocycles. The van der Waals surface area contributed by atoms with Gasteiger partial charge in [0.1, 0.15) is 0 Å². The Hall–Kier alpha value is -2.93. The Balaban J connectivity index is 1.36. The Labute approximate surface area is 181 Å². The van der Waals surface area contributed by atoms with Crippen LogP contribution in [0.1, 0.15) is 22.5 Å². The lowest BCUT2D eigenvalue weighted by atomic mass is 10.1.